The number of aromatic nitrogens is 4. The molecule has 0 amide bonds. The average Bonchev–Trinajstić information content (AvgIpc) is 2.81. The van der Waals surface area contributed by atoms with Crippen LogP contribution < -0.4 is 11.4 Å². The SMILES string of the molecule is Nc1ncc(-c2ccc3[nH]c(=O)[nH]c3c2)[nH]1. The van der Waals surface area contributed by atoms with Crippen molar-refractivity contribution in [2.75, 3.05) is 5.73 Å². The first kappa shape index (κ1) is 8.78. The van der Waals surface area contributed by atoms with Gasteiger partial charge in [0.2, 0.25) is 0 Å². The molecule has 0 fully saturated rings. The lowest BCUT2D eigenvalue weighted by molar-refractivity contribution is 1.21. The van der Waals surface area contributed by atoms with Crippen molar-refractivity contribution in [3.63, 3.8) is 0 Å². The summed E-state index contributed by atoms with van der Waals surface area (Å²) in [7, 11) is 0. The summed E-state index contributed by atoms with van der Waals surface area (Å²) in [6.45, 7) is 0. The highest BCUT2D eigenvalue weighted by Gasteiger charge is 2.04. The van der Waals surface area contributed by atoms with E-state index in [9.17, 15) is 4.79 Å². The molecule has 2 heterocycles. The molecule has 6 nitrogen and oxygen atoms in total. The van der Waals surface area contributed by atoms with Crippen LogP contribution in [0, 0.1) is 0 Å². The van der Waals surface area contributed by atoms with Gasteiger partial charge in [-0.15, -0.1) is 0 Å². The van der Waals surface area contributed by atoms with E-state index >= 15 is 0 Å². The van der Waals surface area contributed by atoms with E-state index in [4.69, 9.17) is 5.73 Å². The molecule has 16 heavy (non-hydrogen) atoms. The summed E-state index contributed by atoms with van der Waals surface area (Å²) in [4.78, 5) is 23.3. The summed E-state index contributed by atoms with van der Waals surface area (Å²) >= 11 is 0. The molecule has 3 aromatic rings. The summed E-state index contributed by atoms with van der Waals surface area (Å²) < 4.78 is 0. The lowest BCUT2D eigenvalue weighted by Gasteiger charge is -1.96. The van der Waals surface area contributed by atoms with Gasteiger partial charge < -0.3 is 20.7 Å². The van der Waals surface area contributed by atoms with Crippen LogP contribution in [0.25, 0.3) is 22.3 Å². The van der Waals surface area contributed by atoms with Crippen LogP contribution in [0.15, 0.2) is 29.2 Å². The molecule has 2 aromatic heterocycles. The third-order valence-corrected chi connectivity index (χ3v) is 2.42. The van der Waals surface area contributed by atoms with Crippen molar-refractivity contribution in [2.45, 2.75) is 0 Å². The van der Waals surface area contributed by atoms with Gasteiger partial charge in [-0.2, -0.15) is 0 Å². The number of hydrogen-bond donors (Lipinski definition) is 4. The predicted octanol–water partition coefficient (Wildman–Crippen LogP) is 0.828. The zero-order valence-electron chi connectivity index (χ0n) is 8.24. The molecule has 3 rings (SSSR count). The van der Waals surface area contributed by atoms with Crippen LogP contribution in [0.4, 0.5) is 5.95 Å². The number of anilines is 1. The summed E-state index contributed by atoms with van der Waals surface area (Å²) in [5.74, 6) is 0.373. The minimum atomic E-state index is -0.212. The fraction of sp³-hybridized carbons (Fsp3) is 0. The highest BCUT2D eigenvalue weighted by molar-refractivity contribution is 5.80. The molecule has 0 atom stereocenters. The van der Waals surface area contributed by atoms with Crippen molar-refractivity contribution in [2.24, 2.45) is 0 Å². The van der Waals surface area contributed by atoms with Gasteiger partial charge in [-0.25, -0.2) is 9.78 Å². The number of nitrogen functional groups attached to an aromatic ring is 1. The van der Waals surface area contributed by atoms with E-state index in [0.717, 1.165) is 22.3 Å². The van der Waals surface area contributed by atoms with Gasteiger partial charge in [-0.3, -0.25) is 0 Å². The normalized spacial score (nSPS) is 11.0. The first-order chi connectivity index (χ1) is 7.72. The molecule has 0 saturated carbocycles. The van der Waals surface area contributed by atoms with Gasteiger partial charge in [-0.05, 0) is 12.1 Å². The van der Waals surface area contributed by atoms with Crippen molar-refractivity contribution in [1.82, 2.24) is 19.9 Å². The maximum absolute atomic E-state index is 11.1. The molecule has 6 heteroatoms. The zero-order chi connectivity index (χ0) is 11.1. The average molecular weight is 215 g/mol. The molecule has 5 N–H and O–H groups in total. The number of rotatable bonds is 1. The maximum atomic E-state index is 11.1. The quantitative estimate of drug-likeness (QED) is 0.483. The highest BCUT2D eigenvalue weighted by Crippen LogP contribution is 2.20. The van der Waals surface area contributed by atoms with Crippen LogP contribution >= 0.6 is 0 Å². The Balaban J connectivity index is 2.21. The smallest absolute Gasteiger partial charge is 0.323 e. The summed E-state index contributed by atoms with van der Waals surface area (Å²) in [5, 5.41) is 0. The van der Waals surface area contributed by atoms with Crippen LogP contribution in [-0.2, 0) is 0 Å². The molecule has 80 valence electrons. The van der Waals surface area contributed by atoms with Crippen LogP contribution in [0.3, 0.4) is 0 Å². The molecule has 0 aliphatic rings. The van der Waals surface area contributed by atoms with Gasteiger partial charge in [0.15, 0.2) is 5.95 Å². The number of nitrogens with zero attached hydrogens (tertiary/aromatic N) is 1. The second-order valence-electron chi connectivity index (χ2n) is 3.52. The Morgan fingerprint density at radius 3 is 2.69 bits per heavy atom. The number of nitrogens with one attached hydrogen (secondary N) is 3. The number of aromatic amines is 3. The van der Waals surface area contributed by atoms with Crippen molar-refractivity contribution >= 4 is 17.0 Å². The number of H-pyrrole nitrogens is 3. The largest absolute Gasteiger partial charge is 0.369 e. The lowest BCUT2D eigenvalue weighted by Crippen LogP contribution is -1.99. The van der Waals surface area contributed by atoms with Gasteiger partial charge in [0.05, 0.1) is 22.9 Å². The minimum absolute atomic E-state index is 0.212. The second-order valence-corrected chi connectivity index (χ2v) is 3.52. The number of imidazole rings is 2. The van der Waals surface area contributed by atoms with E-state index in [2.05, 4.69) is 19.9 Å². The number of nitrogens with two attached hydrogens (primary N) is 1. The van der Waals surface area contributed by atoms with Gasteiger partial charge >= 0.3 is 5.69 Å². The molecule has 0 unspecified atom stereocenters. The Kier molecular flexibility index (Phi) is 1.64. The Bertz CT molecular complexity index is 705. The zero-order valence-corrected chi connectivity index (χ0v) is 8.24. The molecular weight excluding hydrogens is 206 g/mol. The second kappa shape index (κ2) is 2.99. The van der Waals surface area contributed by atoms with Crippen molar-refractivity contribution in [3.05, 3.63) is 34.9 Å². The highest BCUT2D eigenvalue weighted by atomic mass is 16.1. The molecule has 1 aromatic carbocycles. The topological polar surface area (TPSA) is 103 Å². The van der Waals surface area contributed by atoms with Gasteiger partial charge in [-0.1, -0.05) is 6.07 Å². The fourth-order valence-corrected chi connectivity index (χ4v) is 1.68. The van der Waals surface area contributed by atoms with E-state index in [1.54, 1.807) is 6.20 Å². The molecule has 0 aliphatic carbocycles. The Hall–Kier alpha value is -2.50. The van der Waals surface area contributed by atoms with E-state index < -0.39 is 0 Å². The molecule has 0 aliphatic heterocycles. The Morgan fingerprint density at radius 2 is 1.94 bits per heavy atom. The van der Waals surface area contributed by atoms with E-state index in [1.807, 2.05) is 18.2 Å². The first-order valence-corrected chi connectivity index (χ1v) is 4.75. The van der Waals surface area contributed by atoms with E-state index in [0.29, 0.717) is 5.95 Å². The third-order valence-electron chi connectivity index (χ3n) is 2.42. The molecule has 0 spiro atoms. The third kappa shape index (κ3) is 1.28. The van der Waals surface area contributed by atoms with Gasteiger partial charge in [0, 0.05) is 5.56 Å². The van der Waals surface area contributed by atoms with E-state index in [-0.39, 0.29) is 5.69 Å². The fourth-order valence-electron chi connectivity index (χ4n) is 1.68. The monoisotopic (exact) mass is 215 g/mol. The number of hydrogen-bond acceptors (Lipinski definition) is 3. The summed E-state index contributed by atoms with van der Waals surface area (Å²) in [6.07, 6.45) is 1.65. The molecule has 0 saturated heterocycles. The summed E-state index contributed by atoms with van der Waals surface area (Å²) in [5.41, 5.74) is 8.57. The number of fused-ring (bicyclic) bond motifs is 1. The Morgan fingerprint density at radius 1 is 1.12 bits per heavy atom. The Labute approximate surface area is 89.5 Å². The molecular formula is C10H9N5O. The standard InChI is InChI=1S/C10H9N5O/c11-9-12-4-8(13-9)5-1-2-6-7(3-5)15-10(16)14-6/h1-4H,(H3,11,12,13)(H2,14,15,16). The van der Waals surface area contributed by atoms with Crippen molar-refractivity contribution in [3.8, 4) is 11.3 Å². The van der Waals surface area contributed by atoms with Gasteiger partial charge in [0.1, 0.15) is 0 Å². The molecule has 0 radical (unpaired) electrons. The van der Waals surface area contributed by atoms with Crippen molar-refractivity contribution in [1.29, 1.82) is 0 Å². The van der Waals surface area contributed by atoms with Crippen LogP contribution in [0.1, 0.15) is 0 Å². The van der Waals surface area contributed by atoms with Crippen molar-refractivity contribution < 1.29 is 0 Å². The minimum Gasteiger partial charge on any atom is -0.369 e. The van der Waals surface area contributed by atoms with Gasteiger partial charge in [0.25, 0.3) is 0 Å². The van der Waals surface area contributed by atoms with Crippen LogP contribution in [0.2, 0.25) is 0 Å². The van der Waals surface area contributed by atoms with Crippen LogP contribution in [-0.4, -0.2) is 19.9 Å². The first-order valence-electron chi connectivity index (χ1n) is 4.75. The van der Waals surface area contributed by atoms with E-state index in [1.165, 1.54) is 0 Å². The summed E-state index contributed by atoms with van der Waals surface area (Å²) in [6, 6.07) is 5.58. The predicted molar refractivity (Wildman–Crippen MR) is 60.9 cm³/mol. The lowest BCUT2D eigenvalue weighted by atomic mass is 10.1. The molecule has 0 bridgehead atoms. The van der Waals surface area contributed by atoms with Crippen LogP contribution in [0.5, 0.6) is 0 Å². The number of benzene rings is 1. The maximum Gasteiger partial charge on any atom is 0.323 e.